The number of rotatable bonds is 2. The number of imidazole rings is 1. The van der Waals surface area contributed by atoms with Gasteiger partial charge in [-0.25, -0.2) is 4.98 Å². The molecule has 98 valence electrons. The van der Waals surface area contributed by atoms with Crippen molar-refractivity contribution in [2.45, 2.75) is 6.54 Å². The highest BCUT2D eigenvalue weighted by molar-refractivity contribution is 5.85. The van der Waals surface area contributed by atoms with E-state index in [4.69, 9.17) is 0 Å². The number of H-pyrrole nitrogens is 1. The van der Waals surface area contributed by atoms with Gasteiger partial charge in [-0.05, 0) is 19.2 Å². The largest absolute Gasteiger partial charge is 0.341 e. The number of benzene rings is 1. The number of para-hydroxylation sites is 2. The van der Waals surface area contributed by atoms with Crippen molar-refractivity contribution in [3.63, 3.8) is 0 Å². The van der Waals surface area contributed by atoms with Crippen molar-refractivity contribution >= 4 is 23.4 Å². The number of halogens is 1. The summed E-state index contributed by atoms with van der Waals surface area (Å²) < 4.78 is 0. The van der Waals surface area contributed by atoms with E-state index in [1.165, 1.54) is 0 Å². The minimum Gasteiger partial charge on any atom is -0.341 e. The maximum absolute atomic E-state index is 4.62. The Bertz CT molecular complexity index is 469. The molecule has 0 amide bonds. The van der Waals surface area contributed by atoms with Crippen LogP contribution >= 0.6 is 12.4 Å². The highest BCUT2D eigenvalue weighted by atomic mass is 35.5. The van der Waals surface area contributed by atoms with Gasteiger partial charge >= 0.3 is 0 Å². The Morgan fingerprint density at radius 2 is 1.89 bits per heavy atom. The van der Waals surface area contributed by atoms with Crippen LogP contribution in [-0.2, 0) is 6.54 Å². The zero-order chi connectivity index (χ0) is 11.7. The summed E-state index contributed by atoms with van der Waals surface area (Å²) in [6.45, 7) is 5.50. The van der Waals surface area contributed by atoms with Crippen molar-refractivity contribution < 1.29 is 0 Å². The third-order valence-electron chi connectivity index (χ3n) is 3.41. The molecule has 3 rings (SSSR count). The van der Waals surface area contributed by atoms with Crippen LogP contribution in [0.25, 0.3) is 11.0 Å². The summed E-state index contributed by atoms with van der Waals surface area (Å²) in [6.07, 6.45) is 0. The molecule has 5 heteroatoms. The standard InChI is InChI=1S/C13H18N4.ClH/c1-16-6-8-17(9-7-16)10-13-14-11-4-2-3-5-12(11)15-13;/h2-5H,6-10H2,1H3,(H,14,15);1H. The van der Waals surface area contributed by atoms with E-state index in [9.17, 15) is 0 Å². The molecule has 0 spiro atoms. The number of likely N-dealkylation sites (N-methyl/N-ethyl adjacent to an activating group) is 1. The third-order valence-corrected chi connectivity index (χ3v) is 3.41. The molecule has 1 aromatic heterocycles. The second-order valence-electron chi connectivity index (χ2n) is 4.78. The molecule has 0 unspecified atom stereocenters. The van der Waals surface area contributed by atoms with Gasteiger partial charge in [-0.3, -0.25) is 4.90 Å². The summed E-state index contributed by atoms with van der Waals surface area (Å²) >= 11 is 0. The first kappa shape index (κ1) is 13.3. The number of aromatic amines is 1. The minimum absolute atomic E-state index is 0. The SMILES string of the molecule is CN1CCN(Cc2nc3ccccc3[nH]2)CC1.Cl. The second kappa shape index (κ2) is 5.69. The Balaban J connectivity index is 0.00000120. The minimum atomic E-state index is 0. The molecule has 0 radical (unpaired) electrons. The average Bonchev–Trinajstić information content (AvgIpc) is 2.74. The highest BCUT2D eigenvalue weighted by Gasteiger charge is 2.15. The van der Waals surface area contributed by atoms with Crippen LogP contribution in [0.15, 0.2) is 24.3 Å². The fourth-order valence-electron chi connectivity index (χ4n) is 2.30. The van der Waals surface area contributed by atoms with Gasteiger partial charge in [0, 0.05) is 26.2 Å². The lowest BCUT2D eigenvalue weighted by molar-refractivity contribution is 0.146. The lowest BCUT2D eigenvalue weighted by atomic mass is 10.3. The van der Waals surface area contributed by atoms with Crippen molar-refractivity contribution in [3.05, 3.63) is 30.1 Å². The molecule has 1 aliphatic heterocycles. The van der Waals surface area contributed by atoms with Gasteiger partial charge in [0.15, 0.2) is 0 Å². The summed E-state index contributed by atoms with van der Waals surface area (Å²) in [5, 5.41) is 0. The monoisotopic (exact) mass is 266 g/mol. The van der Waals surface area contributed by atoms with Crippen LogP contribution in [0.4, 0.5) is 0 Å². The molecule has 4 nitrogen and oxygen atoms in total. The zero-order valence-electron chi connectivity index (χ0n) is 10.6. The van der Waals surface area contributed by atoms with E-state index in [0.29, 0.717) is 0 Å². The lowest BCUT2D eigenvalue weighted by Gasteiger charge is -2.31. The van der Waals surface area contributed by atoms with Crippen molar-refractivity contribution in [2.24, 2.45) is 0 Å². The van der Waals surface area contributed by atoms with Gasteiger partial charge in [-0.2, -0.15) is 0 Å². The molecular weight excluding hydrogens is 248 g/mol. The summed E-state index contributed by atoms with van der Waals surface area (Å²) in [6, 6.07) is 8.21. The number of nitrogens with zero attached hydrogens (tertiary/aromatic N) is 3. The van der Waals surface area contributed by atoms with Crippen LogP contribution in [-0.4, -0.2) is 53.0 Å². The first-order valence-electron chi connectivity index (χ1n) is 6.16. The summed E-state index contributed by atoms with van der Waals surface area (Å²) in [4.78, 5) is 12.8. The van der Waals surface area contributed by atoms with E-state index in [0.717, 1.165) is 49.6 Å². The number of aromatic nitrogens is 2. The molecule has 18 heavy (non-hydrogen) atoms. The first-order valence-corrected chi connectivity index (χ1v) is 6.16. The Morgan fingerprint density at radius 1 is 1.17 bits per heavy atom. The molecule has 0 aliphatic carbocycles. The van der Waals surface area contributed by atoms with Gasteiger partial charge in [0.2, 0.25) is 0 Å². The van der Waals surface area contributed by atoms with Gasteiger partial charge in [0.1, 0.15) is 5.82 Å². The number of fused-ring (bicyclic) bond motifs is 1. The lowest BCUT2D eigenvalue weighted by Crippen LogP contribution is -2.44. The van der Waals surface area contributed by atoms with Crippen LogP contribution in [0, 0.1) is 0 Å². The summed E-state index contributed by atoms with van der Waals surface area (Å²) in [5.41, 5.74) is 2.20. The number of hydrogen-bond donors (Lipinski definition) is 1. The van der Waals surface area contributed by atoms with E-state index in [-0.39, 0.29) is 12.4 Å². The van der Waals surface area contributed by atoms with E-state index < -0.39 is 0 Å². The fraction of sp³-hybridized carbons (Fsp3) is 0.462. The van der Waals surface area contributed by atoms with E-state index in [2.05, 4.69) is 38.9 Å². The summed E-state index contributed by atoms with van der Waals surface area (Å²) in [7, 11) is 2.18. The Morgan fingerprint density at radius 3 is 2.61 bits per heavy atom. The third kappa shape index (κ3) is 2.83. The molecule has 1 aromatic carbocycles. The summed E-state index contributed by atoms with van der Waals surface area (Å²) in [5.74, 6) is 1.08. The molecule has 0 bridgehead atoms. The van der Waals surface area contributed by atoms with Gasteiger partial charge in [0.05, 0.1) is 17.6 Å². The molecule has 1 N–H and O–H groups in total. The fourth-order valence-corrected chi connectivity index (χ4v) is 2.30. The van der Waals surface area contributed by atoms with Crippen molar-refractivity contribution in [3.8, 4) is 0 Å². The van der Waals surface area contributed by atoms with E-state index in [1.54, 1.807) is 0 Å². The molecule has 1 saturated heterocycles. The predicted molar refractivity (Wildman–Crippen MR) is 76.1 cm³/mol. The topological polar surface area (TPSA) is 35.2 Å². The quantitative estimate of drug-likeness (QED) is 0.899. The molecule has 1 fully saturated rings. The van der Waals surface area contributed by atoms with Crippen LogP contribution in [0.1, 0.15) is 5.82 Å². The smallest absolute Gasteiger partial charge is 0.121 e. The first-order chi connectivity index (χ1) is 8.31. The normalized spacial score (nSPS) is 17.8. The van der Waals surface area contributed by atoms with Gasteiger partial charge in [0.25, 0.3) is 0 Å². The average molecular weight is 267 g/mol. The van der Waals surface area contributed by atoms with Gasteiger partial charge in [-0.1, -0.05) is 12.1 Å². The van der Waals surface area contributed by atoms with Crippen molar-refractivity contribution in [1.29, 1.82) is 0 Å². The number of nitrogens with one attached hydrogen (secondary N) is 1. The maximum Gasteiger partial charge on any atom is 0.121 e. The van der Waals surface area contributed by atoms with Crippen LogP contribution < -0.4 is 0 Å². The van der Waals surface area contributed by atoms with Crippen LogP contribution in [0.3, 0.4) is 0 Å². The Kier molecular flexibility index (Phi) is 4.22. The maximum atomic E-state index is 4.62. The van der Waals surface area contributed by atoms with Gasteiger partial charge in [-0.15, -0.1) is 12.4 Å². The Hall–Kier alpha value is -1.10. The number of piperazine rings is 1. The molecule has 2 heterocycles. The molecule has 0 saturated carbocycles. The zero-order valence-corrected chi connectivity index (χ0v) is 11.4. The Labute approximate surface area is 113 Å². The van der Waals surface area contributed by atoms with E-state index >= 15 is 0 Å². The van der Waals surface area contributed by atoms with Crippen molar-refractivity contribution in [2.75, 3.05) is 33.2 Å². The number of hydrogen-bond acceptors (Lipinski definition) is 3. The molecule has 2 aromatic rings. The van der Waals surface area contributed by atoms with Gasteiger partial charge < -0.3 is 9.88 Å². The van der Waals surface area contributed by atoms with Crippen LogP contribution in [0.2, 0.25) is 0 Å². The molecular formula is C13H19ClN4. The molecule has 0 atom stereocenters. The molecule has 1 aliphatic rings. The van der Waals surface area contributed by atoms with Crippen molar-refractivity contribution in [1.82, 2.24) is 19.8 Å². The second-order valence-corrected chi connectivity index (χ2v) is 4.78. The van der Waals surface area contributed by atoms with E-state index in [1.807, 2.05) is 12.1 Å². The highest BCUT2D eigenvalue weighted by Crippen LogP contribution is 2.12. The van der Waals surface area contributed by atoms with Crippen LogP contribution in [0.5, 0.6) is 0 Å². The predicted octanol–water partition coefficient (Wildman–Crippen LogP) is 1.73.